The molecule has 0 aliphatic rings. The van der Waals surface area contributed by atoms with Gasteiger partial charge in [0, 0.05) is 13.1 Å². The molecule has 112 valence electrons. The minimum absolute atomic E-state index is 0.00181. The highest BCUT2D eigenvalue weighted by Gasteiger charge is 2.15. The molecule has 0 radical (unpaired) electrons. The summed E-state index contributed by atoms with van der Waals surface area (Å²) in [5.74, 6) is 0.00181. The number of hydrogen-bond acceptors (Lipinski definition) is 4. The molecule has 3 N–H and O–H groups in total. The molecule has 0 fully saturated rings. The zero-order valence-corrected chi connectivity index (χ0v) is 12.5. The van der Waals surface area contributed by atoms with Crippen LogP contribution in [0.1, 0.15) is 40.5 Å². The Balaban J connectivity index is 3.41. The molecule has 0 saturated heterocycles. The lowest BCUT2D eigenvalue weighted by Gasteiger charge is -2.19. The van der Waals surface area contributed by atoms with Crippen LogP contribution in [0, 0.1) is 0 Å². The predicted molar refractivity (Wildman–Crippen MR) is 75.0 cm³/mol. The largest absolute Gasteiger partial charge is 0.444 e. The average Bonchev–Trinajstić information content (AvgIpc) is 2.28. The van der Waals surface area contributed by atoms with Crippen molar-refractivity contribution < 1.29 is 14.3 Å². The summed E-state index contributed by atoms with van der Waals surface area (Å²) in [4.78, 5) is 22.5. The number of amides is 2. The first-order valence-corrected chi connectivity index (χ1v) is 6.79. The van der Waals surface area contributed by atoms with E-state index in [4.69, 9.17) is 4.74 Å². The van der Waals surface area contributed by atoms with Crippen LogP contribution in [0.5, 0.6) is 0 Å². The molecule has 19 heavy (non-hydrogen) atoms. The van der Waals surface area contributed by atoms with Gasteiger partial charge in [-0.1, -0.05) is 6.92 Å². The maximum atomic E-state index is 11.3. The van der Waals surface area contributed by atoms with E-state index in [0.29, 0.717) is 26.2 Å². The van der Waals surface area contributed by atoms with E-state index >= 15 is 0 Å². The zero-order chi connectivity index (χ0) is 14.7. The van der Waals surface area contributed by atoms with Crippen LogP contribution in [0.2, 0.25) is 0 Å². The van der Waals surface area contributed by atoms with Crippen LogP contribution in [0.15, 0.2) is 0 Å². The highest BCUT2D eigenvalue weighted by molar-refractivity contribution is 5.77. The summed E-state index contributed by atoms with van der Waals surface area (Å²) in [7, 11) is 0. The normalized spacial score (nSPS) is 10.9. The van der Waals surface area contributed by atoms with Crippen LogP contribution in [0.4, 0.5) is 4.79 Å². The molecular formula is C13H27N3O3. The minimum atomic E-state index is -0.473. The molecule has 6 heteroatoms. The van der Waals surface area contributed by atoms with Crippen molar-refractivity contribution in [3.05, 3.63) is 0 Å². The number of carbonyl (C=O) groups excluding carboxylic acids is 2. The van der Waals surface area contributed by atoms with Gasteiger partial charge >= 0.3 is 6.09 Å². The third-order valence-corrected chi connectivity index (χ3v) is 2.06. The van der Waals surface area contributed by atoms with Gasteiger partial charge in [0.25, 0.3) is 0 Å². The lowest BCUT2D eigenvalue weighted by molar-refractivity contribution is -0.120. The molecule has 0 aliphatic heterocycles. The molecule has 2 amide bonds. The van der Waals surface area contributed by atoms with E-state index in [1.807, 2.05) is 27.7 Å². The van der Waals surface area contributed by atoms with E-state index in [1.165, 1.54) is 0 Å². The van der Waals surface area contributed by atoms with Gasteiger partial charge < -0.3 is 20.7 Å². The lowest BCUT2D eigenvalue weighted by atomic mass is 10.2. The van der Waals surface area contributed by atoms with Gasteiger partial charge in [-0.25, -0.2) is 4.79 Å². The third-order valence-electron chi connectivity index (χ3n) is 2.06. The van der Waals surface area contributed by atoms with Gasteiger partial charge in [-0.15, -0.1) is 0 Å². The number of rotatable bonds is 8. The molecule has 0 heterocycles. The van der Waals surface area contributed by atoms with E-state index in [2.05, 4.69) is 16.0 Å². The molecule has 0 saturated carbocycles. The second kappa shape index (κ2) is 9.61. The molecule has 0 rings (SSSR count). The molecule has 0 atom stereocenters. The highest BCUT2D eigenvalue weighted by atomic mass is 16.6. The fraction of sp³-hybridized carbons (Fsp3) is 0.846. The van der Waals surface area contributed by atoms with Crippen LogP contribution in [0.25, 0.3) is 0 Å². The smallest absolute Gasteiger partial charge is 0.407 e. The Morgan fingerprint density at radius 3 is 2.32 bits per heavy atom. The molecule has 0 unspecified atom stereocenters. The number of alkyl carbamates (subject to hydrolysis) is 1. The summed E-state index contributed by atoms with van der Waals surface area (Å²) in [5, 5.41) is 8.45. The van der Waals surface area contributed by atoms with Crippen LogP contribution >= 0.6 is 0 Å². The van der Waals surface area contributed by atoms with Crippen molar-refractivity contribution in [2.24, 2.45) is 0 Å². The van der Waals surface area contributed by atoms with Crippen molar-refractivity contribution in [3.63, 3.8) is 0 Å². The van der Waals surface area contributed by atoms with Crippen LogP contribution < -0.4 is 16.0 Å². The molecule has 0 aliphatic carbocycles. The molecule has 0 aromatic carbocycles. The van der Waals surface area contributed by atoms with E-state index in [-0.39, 0.29) is 5.91 Å². The van der Waals surface area contributed by atoms with Crippen molar-refractivity contribution in [1.29, 1.82) is 0 Å². The van der Waals surface area contributed by atoms with Gasteiger partial charge in [0.05, 0.1) is 6.54 Å². The summed E-state index contributed by atoms with van der Waals surface area (Å²) in [6, 6.07) is 0. The zero-order valence-electron chi connectivity index (χ0n) is 12.5. The summed E-state index contributed by atoms with van der Waals surface area (Å²) in [6.45, 7) is 9.70. The fourth-order valence-corrected chi connectivity index (χ4v) is 1.25. The second-order valence-electron chi connectivity index (χ2n) is 5.31. The lowest BCUT2D eigenvalue weighted by Crippen LogP contribution is -2.36. The highest BCUT2D eigenvalue weighted by Crippen LogP contribution is 2.06. The summed E-state index contributed by atoms with van der Waals surface area (Å²) < 4.78 is 5.09. The Bertz CT molecular complexity index is 275. The average molecular weight is 273 g/mol. The Kier molecular flexibility index (Phi) is 8.95. The van der Waals surface area contributed by atoms with E-state index in [0.717, 1.165) is 12.8 Å². The maximum Gasteiger partial charge on any atom is 0.407 e. The van der Waals surface area contributed by atoms with Gasteiger partial charge in [-0.2, -0.15) is 0 Å². The van der Waals surface area contributed by atoms with E-state index in [1.54, 1.807) is 0 Å². The van der Waals surface area contributed by atoms with Crippen molar-refractivity contribution in [3.8, 4) is 0 Å². The van der Waals surface area contributed by atoms with Crippen molar-refractivity contribution in [2.45, 2.75) is 46.1 Å². The third kappa shape index (κ3) is 12.9. The number of nitrogens with one attached hydrogen (secondary N) is 3. The van der Waals surface area contributed by atoms with Crippen LogP contribution in [0.3, 0.4) is 0 Å². The van der Waals surface area contributed by atoms with Gasteiger partial charge in [-0.05, 0) is 40.2 Å². The predicted octanol–water partition coefficient (Wildman–Crippen LogP) is 1.02. The Morgan fingerprint density at radius 2 is 1.74 bits per heavy atom. The van der Waals surface area contributed by atoms with E-state index < -0.39 is 11.7 Å². The van der Waals surface area contributed by atoms with Gasteiger partial charge in [0.2, 0.25) is 5.91 Å². The summed E-state index contributed by atoms with van der Waals surface area (Å²) in [5.41, 5.74) is -0.473. The van der Waals surface area contributed by atoms with Gasteiger partial charge in [0.15, 0.2) is 0 Å². The second-order valence-corrected chi connectivity index (χ2v) is 5.31. The Labute approximate surface area is 115 Å². The minimum Gasteiger partial charge on any atom is -0.444 e. The number of ether oxygens (including phenoxy) is 1. The molecule has 0 aromatic heterocycles. The monoisotopic (exact) mass is 273 g/mol. The van der Waals surface area contributed by atoms with Gasteiger partial charge in [-0.3, -0.25) is 4.79 Å². The molecule has 0 aromatic rings. The van der Waals surface area contributed by atoms with Crippen LogP contribution in [-0.4, -0.2) is 43.8 Å². The fourth-order valence-electron chi connectivity index (χ4n) is 1.25. The first-order valence-electron chi connectivity index (χ1n) is 6.79. The first-order chi connectivity index (χ1) is 8.85. The van der Waals surface area contributed by atoms with E-state index in [9.17, 15) is 9.59 Å². The molecule has 0 bridgehead atoms. The van der Waals surface area contributed by atoms with Crippen LogP contribution in [-0.2, 0) is 9.53 Å². The molecular weight excluding hydrogens is 246 g/mol. The summed E-state index contributed by atoms with van der Waals surface area (Å²) >= 11 is 0. The van der Waals surface area contributed by atoms with Crippen molar-refractivity contribution in [2.75, 3.05) is 26.2 Å². The standard InChI is InChI=1S/C13H27N3O3/c1-5-7-15-11(17)10-14-8-6-9-16-12(18)19-13(2,3)4/h14H,5-10H2,1-4H3,(H,15,17)(H,16,18). The Hall–Kier alpha value is -1.30. The summed E-state index contributed by atoms with van der Waals surface area (Å²) in [6.07, 6.45) is 1.28. The quantitative estimate of drug-likeness (QED) is 0.577. The van der Waals surface area contributed by atoms with Crippen molar-refractivity contribution in [1.82, 2.24) is 16.0 Å². The Morgan fingerprint density at radius 1 is 1.05 bits per heavy atom. The SMILES string of the molecule is CCCNC(=O)CNCCCNC(=O)OC(C)(C)C. The molecule has 6 nitrogen and oxygen atoms in total. The maximum absolute atomic E-state index is 11.3. The number of hydrogen-bond donors (Lipinski definition) is 3. The van der Waals surface area contributed by atoms with Gasteiger partial charge in [0.1, 0.15) is 5.60 Å². The first kappa shape index (κ1) is 17.7. The van der Waals surface area contributed by atoms with Crippen molar-refractivity contribution >= 4 is 12.0 Å². The number of carbonyl (C=O) groups is 2. The topological polar surface area (TPSA) is 79.5 Å². The molecule has 0 spiro atoms.